The Labute approximate surface area is 157 Å². The molecule has 1 aromatic heterocycles. The lowest BCUT2D eigenvalue weighted by Gasteiger charge is -2.32. The number of amides is 1. The van der Waals surface area contributed by atoms with E-state index in [9.17, 15) is 14.7 Å². The van der Waals surface area contributed by atoms with Crippen LogP contribution in [0.5, 0.6) is 0 Å². The Kier molecular flexibility index (Phi) is 6.19. The average molecular weight is 375 g/mol. The lowest BCUT2D eigenvalue weighted by atomic mass is 10.00. The molecule has 1 unspecified atom stereocenters. The van der Waals surface area contributed by atoms with Gasteiger partial charge in [0.1, 0.15) is 6.54 Å². The van der Waals surface area contributed by atoms with Crippen LogP contribution >= 0.6 is 11.8 Å². The van der Waals surface area contributed by atoms with Gasteiger partial charge in [-0.2, -0.15) is 0 Å². The minimum absolute atomic E-state index is 0.0887. The number of benzene rings is 1. The molecule has 1 saturated heterocycles. The van der Waals surface area contributed by atoms with E-state index in [-0.39, 0.29) is 12.5 Å². The summed E-state index contributed by atoms with van der Waals surface area (Å²) in [5, 5.41) is 9.97. The zero-order valence-electron chi connectivity index (χ0n) is 15.1. The molecule has 2 aromatic rings. The molecule has 26 heavy (non-hydrogen) atoms. The number of hydrogen-bond donors (Lipinski definition) is 1. The fourth-order valence-electron chi connectivity index (χ4n) is 3.44. The maximum absolute atomic E-state index is 12.1. The minimum Gasteiger partial charge on any atom is -0.480 e. The molecule has 6 nitrogen and oxygen atoms in total. The van der Waals surface area contributed by atoms with Crippen LogP contribution in [0.2, 0.25) is 0 Å². The second-order valence-electron chi connectivity index (χ2n) is 6.77. The quantitative estimate of drug-likeness (QED) is 0.752. The molecule has 140 valence electrons. The van der Waals surface area contributed by atoms with Crippen LogP contribution in [-0.4, -0.2) is 50.3 Å². The van der Waals surface area contributed by atoms with Crippen LogP contribution in [0.1, 0.15) is 32.6 Å². The van der Waals surface area contributed by atoms with Crippen molar-refractivity contribution >= 4 is 34.7 Å². The number of imidazole rings is 1. The van der Waals surface area contributed by atoms with Crippen LogP contribution in [-0.2, 0) is 16.1 Å². The second kappa shape index (κ2) is 8.58. The maximum atomic E-state index is 12.1. The molecule has 0 spiro atoms. The predicted octanol–water partition coefficient (Wildman–Crippen LogP) is 3.25. The van der Waals surface area contributed by atoms with Gasteiger partial charge in [0.05, 0.1) is 11.0 Å². The van der Waals surface area contributed by atoms with Gasteiger partial charge >= 0.3 is 5.97 Å². The lowest BCUT2D eigenvalue weighted by molar-refractivity contribution is -0.137. The van der Waals surface area contributed by atoms with Gasteiger partial charge in [0.25, 0.3) is 0 Å². The molecule has 0 aliphatic carbocycles. The molecule has 1 fully saturated rings. The highest BCUT2D eigenvalue weighted by molar-refractivity contribution is 7.99. The second-order valence-corrected chi connectivity index (χ2v) is 7.76. The minimum atomic E-state index is -0.871. The number of para-hydroxylation sites is 2. The first-order valence-electron chi connectivity index (χ1n) is 9.16. The third kappa shape index (κ3) is 4.38. The summed E-state index contributed by atoms with van der Waals surface area (Å²) in [4.78, 5) is 30.0. The van der Waals surface area contributed by atoms with Crippen LogP contribution in [0, 0.1) is 5.92 Å². The number of likely N-dealkylation sites (tertiary alicyclic amines) is 1. The monoisotopic (exact) mass is 375 g/mol. The third-order valence-corrected chi connectivity index (χ3v) is 5.90. The summed E-state index contributed by atoms with van der Waals surface area (Å²) in [6, 6.07) is 7.62. The lowest BCUT2D eigenvalue weighted by Crippen LogP contribution is -2.40. The zero-order chi connectivity index (χ0) is 18.5. The van der Waals surface area contributed by atoms with Crippen LogP contribution in [0.15, 0.2) is 29.4 Å². The van der Waals surface area contributed by atoms with Gasteiger partial charge in [0, 0.05) is 25.3 Å². The molecule has 3 rings (SSSR count). The van der Waals surface area contributed by atoms with Crippen LogP contribution in [0.4, 0.5) is 0 Å². The van der Waals surface area contributed by atoms with Crippen molar-refractivity contribution in [3.8, 4) is 0 Å². The fourth-order valence-corrected chi connectivity index (χ4v) is 4.58. The summed E-state index contributed by atoms with van der Waals surface area (Å²) in [5.74, 6) is 0.649. The number of nitrogens with zero attached hydrogens (tertiary/aromatic N) is 3. The number of aromatic nitrogens is 2. The Balaban J connectivity index is 1.69. The summed E-state index contributed by atoms with van der Waals surface area (Å²) < 4.78 is 1.77. The third-order valence-electron chi connectivity index (χ3n) is 4.70. The van der Waals surface area contributed by atoms with Crippen molar-refractivity contribution in [3.63, 3.8) is 0 Å². The molecule has 1 amide bonds. The smallest absolute Gasteiger partial charge is 0.323 e. The Morgan fingerprint density at radius 3 is 2.92 bits per heavy atom. The average Bonchev–Trinajstić information content (AvgIpc) is 2.97. The highest BCUT2D eigenvalue weighted by Crippen LogP contribution is 2.28. The molecule has 1 aromatic carbocycles. The van der Waals surface area contributed by atoms with E-state index >= 15 is 0 Å². The number of piperidine rings is 1. The Bertz CT molecular complexity index is 789. The number of fused-ring (bicyclic) bond motifs is 1. The Morgan fingerprint density at radius 1 is 1.35 bits per heavy atom. The predicted molar refractivity (Wildman–Crippen MR) is 102 cm³/mol. The van der Waals surface area contributed by atoms with Gasteiger partial charge in [-0.25, -0.2) is 4.98 Å². The SMILES string of the molecule is CCCC(=O)N1CCCC(CSc2nc3ccccc3n2CC(=O)O)C1. The Morgan fingerprint density at radius 2 is 2.15 bits per heavy atom. The number of carboxylic acids is 1. The molecule has 1 aliphatic rings. The van der Waals surface area contributed by atoms with Crippen molar-refractivity contribution in [1.82, 2.24) is 14.5 Å². The van der Waals surface area contributed by atoms with Gasteiger partial charge in [-0.05, 0) is 37.3 Å². The van der Waals surface area contributed by atoms with Gasteiger partial charge < -0.3 is 14.6 Å². The summed E-state index contributed by atoms with van der Waals surface area (Å²) in [6.07, 6.45) is 3.64. The van der Waals surface area contributed by atoms with Crippen molar-refractivity contribution in [2.24, 2.45) is 5.92 Å². The van der Waals surface area contributed by atoms with Crippen molar-refractivity contribution in [2.75, 3.05) is 18.8 Å². The van der Waals surface area contributed by atoms with E-state index in [4.69, 9.17) is 0 Å². The van der Waals surface area contributed by atoms with Gasteiger partial charge in [0.2, 0.25) is 5.91 Å². The summed E-state index contributed by atoms with van der Waals surface area (Å²) in [6.45, 7) is 3.60. The van der Waals surface area contributed by atoms with Gasteiger partial charge in [-0.3, -0.25) is 9.59 Å². The van der Waals surface area contributed by atoms with Gasteiger partial charge in [-0.1, -0.05) is 30.8 Å². The molecule has 2 heterocycles. The van der Waals surface area contributed by atoms with E-state index in [0.29, 0.717) is 12.3 Å². The number of hydrogen-bond acceptors (Lipinski definition) is 4. The molecule has 0 saturated carbocycles. The topological polar surface area (TPSA) is 75.4 Å². The van der Waals surface area contributed by atoms with Crippen LogP contribution in [0.25, 0.3) is 11.0 Å². The first-order chi connectivity index (χ1) is 12.6. The van der Waals surface area contributed by atoms with Crippen molar-refractivity contribution in [2.45, 2.75) is 44.3 Å². The fraction of sp³-hybridized carbons (Fsp3) is 0.526. The molecule has 1 N–H and O–H groups in total. The van der Waals surface area contributed by atoms with Crippen molar-refractivity contribution in [3.05, 3.63) is 24.3 Å². The zero-order valence-corrected chi connectivity index (χ0v) is 15.9. The molecular formula is C19H25N3O3S. The highest BCUT2D eigenvalue weighted by atomic mass is 32.2. The normalized spacial score (nSPS) is 17.6. The van der Waals surface area contributed by atoms with Crippen molar-refractivity contribution < 1.29 is 14.7 Å². The number of thioether (sulfide) groups is 1. The molecule has 0 radical (unpaired) electrons. The first-order valence-corrected chi connectivity index (χ1v) is 10.1. The van der Waals surface area contributed by atoms with E-state index in [1.54, 1.807) is 16.3 Å². The van der Waals surface area contributed by atoms with Gasteiger partial charge in [-0.15, -0.1) is 0 Å². The van der Waals surface area contributed by atoms with Crippen LogP contribution < -0.4 is 0 Å². The van der Waals surface area contributed by atoms with E-state index < -0.39 is 5.97 Å². The van der Waals surface area contributed by atoms with E-state index in [2.05, 4.69) is 4.98 Å². The molecule has 1 atom stereocenters. The number of carbonyl (C=O) groups excluding carboxylic acids is 1. The van der Waals surface area contributed by atoms with Crippen molar-refractivity contribution in [1.29, 1.82) is 0 Å². The number of carbonyl (C=O) groups is 2. The number of aliphatic carboxylic acids is 1. The molecule has 7 heteroatoms. The molecule has 0 bridgehead atoms. The standard InChI is InChI=1S/C19H25N3O3S/c1-2-6-17(23)21-10-5-7-14(11-21)13-26-19-20-15-8-3-4-9-16(15)22(19)12-18(24)25/h3-4,8-9,14H,2,5-7,10-13H2,1H3,(H,24,25). The van der Waals surface area contributed by atoms with Gasteiger partial charge in [0.15, 0.2) is 5.16 Å². The van der Waals surface area contributed by atoms with Crippen LogP contribution in [0.3, 0.4) is 0 Å². The molecular weight excluding hydrogens is 350 g/mol. The maximum Gasteiger partial charge on any atom is 0.323 e. The molecule has 1 aliphatic heterocycles. The number of carboxylic acid groups (broad SMARTS) is 1. The number of rotatable bonds is 7. The van der Waals surface area contributed by atoms with E-state index in [0.717, 1.165) is 54.3 Å². The largest absolute Gasteiger partial charge is 0.480 e. The first kappa shape index (κ1) is 18.8. The van der Waals surface area contributed by atoms with E-state index in [1.165, 1.54) is 0 Å². The summed E-state index contributed by atoms with van der Waals surface area (Å²) in [7, 11) is 0. The summed E-state index contributed by atoms with van der Waals surface area (Å²) >= 11 is 1.60. The Hall–Kier alpha value is -2.02. The summed E-state index contributed by atoms with van der Waals surface area (Å²) in [5.41, 5.74) is 1.67. The highest BCUT2D eigenvalue weighted by Gasteiger charge is 2.24. The van der Waals surface area contributed by atoms with E-state index in [1.807, 2.05) is 36.1 Å².